The summed E-state index contributed by atoms with van der Waals surface area (Å²) in [5, 5.41) is 3.79. The third-order valence-corrected chi connectivity index (χ3v) is 3.78. The predicted octanol–water partition coefficient (Wildman–Crippen LogP) is 4.85. The van der Waals surface area contributed by atoms with Gasteiger partial charge < -0.3 is 9.73 Å². The van der Waals surface area contributed by atoms with Crippen molar-refractivity contribution in [3.05, 3.63) is 77.3 Å². The Bertz CT molecular complexity index is 725. The number of nitrogens with one attached hydrogen (secondary N) is 1. The van der Waals surface area contributed by atoms with E-state index in [0.717, 1.165) is 5.56 Å². The Hall–Kier alpha value is -2.10. The smallest absolute Gasteiger partial charge is 0.210 e. The number of halogens is 1. The number of rotatable bonds is 5. The van der Waals surface area contributed by atoms with Crippen molar-refractivity contribution in [1.82, 2.24) is 10.3 Å². The number of aromatic nitrogens is 1. The molecule has 0 aliphatic rings. The molecule has 0 saturated carbocycles. The quantitative estimate of drug-likeness (QED) is 0.732. The number of oxazole rings is 1. The van der Waals surface area contributed by atoms with E-state index in [0.29, 0.717) is 23.3 Å². The largest absolute Gasteiger partial charge is 0.438 e. The Morgan fingerprint density at radius 3 is 2.36 bits per heavy atom. The van der Waals surface area contributed by atoms with Crippen LogP contribution in [0.25, 0.3) is 11.3 Å². The highest BCUT2D eigenvalue weighted by Crippen LogP contribution is 2.28. The van der Waals surface area contributed by atoms with Crippen molar-refractivity contribution in [2.45, 2.75) is 19.5 Å². The first kappa shape index (κ1) is 14.8. The summed E-state index contributed by atoms with van der Waals surface area (Å²) in [5.74, 6) is 1.21. The summed E-state index contributed by atoms with van der Waals surface area (Å²) in [5.41, 5.74) is 2.16. The van der Waals surface area contributed by atoms with Gasteiger partial charge >= 0.3 is 0 Å². The maximum atomic E-state index is 6.18. The summed E-state index contributed by atoms with van der Waals surface area (Å²) in [6.07, 6.45) is 0. The summed E-state index contributed by atoms with van der Waals surface area (Å²) < 4.78 is 5.78. The Balaban J connectivity index is 1.69. The van der Waals surface area contributed by atoms with Crippen molar-refractivity contribution in [2.75, 3.05) is 0 Å². The summed E-state index contributed by atoms with van der Waals surface area (Å²) in [7, 11) is 0. The van der Waals surface area contributed by atoms with E-state index in [2.05, 4.69) is 29.4 Å². The van der Waals surface area contributed by atoms with Crippen LogP contribution in [0.1, 0.15) is 24.4 Å². The summed E-state index contributed by atoms with van der Waals surface area (Å²) in [4.78, 5) is 4.29. The van der Waals surface area contributed by atoms with E-state index in [9.17, 15) is 0 Å². The molecule has 1 N–H and O–H groups in total. The first-order valence-electron chi connectivity index (χ1n) is 7.23. The second-order valence-corrected chi connectivity index (χ2v) is 5.46. The van der Waals surface area contributed by atoms with Crippen LogP contribution in [0, 0.1) is 0 Å². The van der Waals surface area contributed by atoms with Crippen molar-refractivity contribution in [3.8, 4) is 11.3 Å². The van der Waals surface area contributed by atoms with E-state index in [1.807, 2.05) is 48.5 Å². The van der Waals surface area contributed by atoms with Crippen molar-refractivity contribution in [1.29, 1.82) is 0 Å². The molecule has 112 valence electrons. The molecule has 1 heterocycles. The van der Waals surface area contributed by atoms with Crippen LogP contribution in [-0.2, 0) is 6.54 Å². The standard InChI is InChI=1S/C18H17ClN2O/c1-13(14-8-4-2-5-9-14)20-12-16-21-18(19)17(22-16)15-10-6-3-7-11-15/h2-11,13,20H,12H2,1H3/t13-/m1/s1. The molecule has 22 heavy (non-hydrogen) atoms. The van der Waals surface area contributed by atoms with Gasteiger partial charge in [0.05, 0.1) is 6.54 Å². The number of benzene rings is 2. The average Bonchev–Trinajstić information content (AvgIpc) is 2.95. The van der Waals surface area contributed by atoms with Crippen LogP contribution in [0.15, 0.2) is 65.1 Å². The molecule has 0 amide bonds. The van der Waals surface area contributed by atoms with Crippen LogP contribution in [0.4, 0.5) is 0 Å². The second kappa shape index (κ2) is 6.77. The molecule has 0 aliphatic heterocycles. The number of nitrogens with zero attached hydrogens (tertiary/aromatic N) is 1. The third-order valence-electron chi connectivity index (χ3n) is 3.53. The SMILES string of the molecule is C[C@@H](NCc1nc(Cl)c(-c2ccccc2)o1)c1ccccc1. The molecule has 0 spiro atoms. The maximum Gasteiger partial charge on any atom is 0.210 e. The van der Waals surface area contributed by atoms with Gasteiger partial charge in [-0.15, -0.1) is 0 Å². The van der Waals surface area contributed by atoms with Gasteiger partial charge in [0.2, 0.25) is 5.89 Å². The maximum absolute atomic E-state index is 6.18. The molecule has 1 aromatic heterocycles. The van der Waals surface area contributed by atoms with Crippen LogP contribution >= 0.6 is 11.6 Å². The van der Waals surface area contributed by atoms with E-state index in [1.54, 1.807) is 0 Å². The van der Waals surface area contributed by atoms with E-state index >= 15 is 0 Å². The average molecular weight is 313 g/mol. The topological polar surface area (TPSA) is 38.1 Å². The lowest BCUT2D eigenvalue weighted by atomic mass is 10.1. The van der Waals surface area contributed by atoms with Crippen molar-refractivity contribution in [2.24, 2.45) is 0 Å². The van der Waals surface area contributed by atoms with Gasteiger partial charge in [-0.3, -0.25) is 0 Å². The highest BCUT2D eigenvalue weighted by molar-refractivity contribution is 6.31. The van der Waals surface area contributed by atoms with Crippen LogP contribution in [-0.4, -0.2) is 4.98 Å². The lowest BCUT2D eigenvalue weighted by Gasteiger charge is -2.12. The predicted molar refractivity (Wildman–Crippen MR) is 88.6 cm³/mol. The van der Waals surface area contributed by atoms with Gasteiger partial charge in [-0.2, -0.15) is 4.98 Å². The molecule has 4 heteroatoms. The van der Waals surface area contributed by atoms with Crippen molar-refractivity contribution < 1.29 is 4.42 Å². The molecule has 0 radical (unpaired) electrons. The molecule has 1 atom stereocenters. The minimum atomic E-state index is 0.215. The normalized spacial score (nSPS) is 12.3. The van der Waals surface area contributed by atoms with Crippen molar-refractivity contribution >= 4 is 11.6 Å². The molecule has 3 nitrogen and oxygen atoms in total. The molecule has 0 saturated heterocycles. The molecular weight excluding hydrogens is 296 g/mol. The van der Waals surface area contributed by atoms with E-state index in [1.165, 1.54) is 5.56 Å². The Morgan fingerprint density at radius 1 is 1.05 bits per heavy atom. The van der Waals surface area contributed by atoms with E-state index in [-0.39, 0.29) is 6.04 Å². The first-order valence-corrected chi connectivity index (χ1v) is 7.61. The minimum absolute atomic E-state index is 0.215. The number of hydrogen-bond donors (Lipinski definition) is 1. The fraction of sp³-hybridized carbons (Fsp3) is 0.167. The molecule has 0 unspecified atom stereocenters. The zero-order chi connectivity index (χ0) is 15.4. The molecule has 0 fully saturated rings. The molecule has 3 aromatic rings. The zero-order valence-corrected chi connectivity index (χ0v) is 13.0. The number of hydrogen-bond acceptors (Lipinski definition) is 3. The lowest BCUT2D eigenvalue weighted by Crippen LogP contribution is -2.18. The Morgan fingerprint density at radius 2 is 1.68 bits per heavy atom. The van der Waals surface area contributed by atoms with E-state index in [4.69, 9.17) is 16.0 Å². The Labute approximate surface area is 135 Å². The van der Waals surface area contributed by atoms with Crippen LogP contribution in [0.2, 0.25) is 5.15 Å². The van der Waals surface area contributed by atoms with Gasteiger partial charge in [-0.1, -0.05) is 72.3 Å². The Kier molecular flexibility index (Phi) is 4.56. The first-order chi connectivity index (χ1) is 10.7. The minimum Gasteiger partial charge on any atom is -0.438 e. The van der Waals surface area contributed by atoms with Gasteiger partial charge in [-0.05, 0) is 12.5 Å². The summed E-state index contributed by atoms with van der Waals surface area (Å²) in [6.45, 7) is 2.64. The lowest BCUT2D eigenvalue weighted by molar-refractivity contribution is 0.454. The van der Waals surface area contributed by atoms with Crippen LogP contribution in [0.3, 0.4) is 0 Å². The second-order valence-electron chi connectivity index (χ2n) is 5.11. The van der Waals surface area contributed by atoms with Crippen LogP contribution in [0.5, 0.6) is 0 Å². The summed E-state index contributed by atoms with van der Waals surface area (Å²) in [6, 6.07) is 20.2. The molecule has 3 rings (SSSR count). The van der Waals surface area contributed by atoms with E-state index < -0.39 is 0 Å². The zero-order valence-electron chi connectivity index (χ0n) is 12.3. The summed E-state index contributed by atoms with van der Waals surface area (Å²) >= 11 is 6.18. The van der Waals surface area contributed by atoms with Gasteiger partial charge in [0.15, 0.2) is 10.9 Å². The highest BCUT2D eigenvalue weighted by atomic mass is 35.5. The molecule has 0 aliphatic carbocycles. The van der Waals surface area contributed by atoms with Crippen LogP contribution < -0.4 is 5.32 Å². The monoisotopic (exact) mass is 312 g/mol. The fourth-order valence-electron chi connectivity index (χ4n) is 2.29. The third kappa shape index (κ3) is 3.38. The van der Waals surface area contributed by atoms with Gasteiger partial charge in [0, 0.05) is 11.6 Å². The van der Waals surface area contributed by atoms with Gasteiger partial charge in [0.25, 0.3) is 0 Å². The fourth-order valence-corrected chi connectivity index (χ4v) is 2.53. The molecule has 2 aromatic carbocycles. The molecule has 0 bridgehead atoms. The van der Waals surface area contributed by atoms with Gasteiger partial charge in [0.1, 0.15) is 0 Å². The molecular formula is C18H17ClN2O. The highest BCUT2D eigenvalue weighted by Gasteiger charge is 2.14. The van der Waals surface area contributed by atoms with Gasteiger partial charge in [-0.25, -0.2) is 0 Å². The van der Waals surface area contributed by atoms with Crippen molar-refractivity contribution in [3.63, 3.8) is 0 Å².